The lowest BCUT2D eigenvalue weighted by Crippen LogP contribution is -2.05. The molecule has 33 heavy (non-hydrogen) atoms. The average molecular weight is 447 g/mol. The van der Waals surface area contributed by atoms with Gasteiger partial charge < -0.3 is 0 Å². The Morgan fingerprint density at radius 1 is 0.879 bits per heavy atom. The zero-order chi connectivity index (χ0) is 23.4. The summed E-state index contributed by atoms with van der Waals surface area (Å²) in [5.41, 5.74) is 4.48. The van der Waals surface area contributed by atoms with Gasteiger partial charge in [0.2, 0.25) is 0 Å². The van der Waals surface area contributed by atoms with Crippen molar-refractivity contribution >= 4 is 5.57 Å². The number of allylic oxidation sites excluding steroid dienone is 3. The lowest BCUT2D eigenvalue weighted by Gasteiger charge is -2.22. The maximum atomic E-state index is 15.0. The van der Waals surface area contributed by atoms with Crippen LogP contribution in [0.3, 0.4) is 0 Å². The van der Waals surface area contributed by atoms with Crippen molar-refractivity contribution in [2.45, 2.75) is 45.4 Å². The van der Waals surface area contributed by atoms with Gasteiger partial charge in [0.15, 0.2) is 11.6 Å². The fraction of sp³-hybridized carbons (Fsp3) is 0.267. The SMILES string of the molecule is C=CCCC1CC=C(c2ccc(-c3ccc(-c4ccc(CC)c(F)c4F)cc3)c(F)c2)CC1. The van der Waals surface area contributed by atoms with E-state index in [1.807, 2.05) is 12.1 Å². The second-order valence-corrected chi connectivity index (χ2v) is 8.76. The topological polar surface area (TPSA) is 0 Å². The standard InChI is InChI=1S/C30H29F3/c1-3-5-6-20-7-9-22(10-8-20)25-16-17-26(28(31)19-25)23-11-13-24(14-12-23)27-18-15-21(4-2)29(32)30(27)33/h3,9,11-20H,1,4-8,10H2,2H3. The van der Waals surface area contributed by atoms with Crippen LogP contribution in [0.4, 0.5) is 13.2 Å². The van der Waals surface area contributed by atoms with Crippen LogP contribution < -0.4 is 0 Å². The average Bonchev–Trinajstić information content (AvgIpc) is 2.85. The summed E-state index contributed by atoms with van der Waals surface area (Å²) < 4.78 is 43.7. The Kier molecular flexibility index (Phi) is 7.17. The van der Waals surface area contributed by atoms with Gasteiger partial charge in [-0.3, -0.25) is 0 Å². The zero-order valence-corrected chi connectivity index (χ0v) is 19.0. The van der Waals surface area contributed by atoms with Gasteiger partial charge in [0, 0.05) is 11.1 Å². The summed E-state index contributed by atoms with van der Waals surface area (Å²) in [6.45, 7) is 5.59. The molecule has 4 rings (SSSR count). The first-order chi connectivity index (χ1) is 16.0. The van der Waals surface area contributed by atoms with Gasteiger partial charge in [-0.2, -0.15) is 0 Å². The smallest absolute Gasteiger partial charge is 0.166 e. The van der Waals surface area contributed by atoms with Crippen LogP contribution in [0, 0.1) is 23.4 Å². The van der Waals surface area contributed by atoms with Gasteiger partial charge in [-0.1, -0.05) is 67.6 Å². The van der Waals surface area contributed by atoms with Gasteiger partial charge >= 0.3 is 0 Å². The highest BCUT2D eigenvalue weighted by molar-refractivity contribution is 5.74. The van der Waals surface area contributed by atoms with Crippen LogP contribution in [0.1, 0.15) is 50.2 Å². The monoisotopic (exact) mass is 446 g/mol. The Balaban J connectivity index is 1.53. The van der Waals surface area contributed by atoms with Crippen molar-refractivity contribution in [3.63, 3.8) is 0 Å². The first kappa shape index (κ1) is 23.1. The maximum absolute atomic E-state index is 15.0. The number of benzene rings is 3. The quantitative estimate of drug-likeness (QED) is 0.317. The number of hydrogen-bond donors (Lipinski definition) is 0. The highest BCUT2D eigenvalue weighted by atomic mass is 19.2. The molecule has 3 aromatic carbocycles. The first-order valence-electron chi connectivity index (χ1n) is 11.7. The molecule has 0 aliphatic heterocycles. The molecule has 0 fully saturated rings. The Bertz CT molecular complexity index is 1170. The van der Waals surface area contributed by atoms with Crippen molar-refractivity contribution in [3.05, 3.63) is 102 Å². The molecule has 0 saturated heterocycles. The fourth-order valence-electron chi connectivity index (χ4n) is 4.63. The molecule has 170 valence electrons. The summed E-state index contributed by atoms with van der Waals surface area (Å²) in [7, 11) is 0. The lowest BCUT2D eigenvalue weighted by atomic mass is 9.84. The molecule has 0 nitrogen and oxygen atoms in total. The van der Waals surface area contributed by atoms with E-state index in [-0.39, 0.29) is 11.4 Å². The summed E-state index contributed by atoms with van der Waals surface area (Å²) in [6, 6.07) is 15.5. The van der Waals surface area contributed by atoms with E-state index in [0.717, 1.165) is 37.7 Å². The van der Waals surface area contributed by atoms with E-state index in [1.54, 1.807) is 55.5 Å². The van der Waals surface area contributed by atoms with Crippen molar-refractivity contribution in [1.29, 1.82) is 0 Å². The molecule has 3 heteroatoms. The van der Waals surface area contributed by atoms with Crippen molar-refractivity contribution < 1.29 is 13.2 Å². The van der Waals surface area contributed by atoms with Crippen LogP contribution in [0.15, 0.2) is 73.3 Å². The molecule has 0 spiro atoms. The summed E-state index contributed by atoms with van der Waals surface area (Å²) in [5.74, 6) is -1.24. The minimum atomic E-state index is -0.842. The molecule has 0 N–H and O–H groups in total. The number of rotatable bonds is 7. The third-order valence-electron chi connectivity index (χ3n) is 6.69. The molecule has 1 atom stereocenters. The van der Waals surface area contributed by atoms with Crippen molar-refractivity contribution in [1.82, 2.24) is 0 Å². The molecule has 1 aliphatic rings. The van der Waals surface area contributed by atoms with Gasteiger partial charge in [0.05, 0.1) is 0 Å². The Morgan fingerprint density at radius 2 is 1.55 bits per heavy atom. The third kappa shape index (κ3) is 4.98. The molecule has 3 aromatic rings. The highest BCUT2D eigenvalue weighted by Gasteiger charge is 2.17. The molecule has 0 heterocycles. The minimum Gasteiger partial charge on any atom is -0.206 e. The molecule has 0 saturated carbocycles. The van der Waals surface area contributed by atoms with E-state index in [2.05, 4.69) is 12.7 Å². The van der Waals surface area contributed by atoms with E-state index in [9.17, 15) is 8.78 Å². The molecule has 0 aromatic heterocycles. The summed E-state index contributed by atoms with van der Waals surface area (Å²) in [6.07, 6.45) is 9.98. The fourth-order valence-corrected chi connectivity index (χ4v) is 4.63. The van der Waals surface area contributed by atoms with Gasteiger partial charge in [-0.25, -0.2) is 13.2 Å². The predicted molar refractivity (Wildman–Crippen MR) is 131 cm³/mol. The zero-order valence-electron chi connectivity index (χ0n) is 19.0. The van der Waals surface area contributed by atoms with E-state index in [4.69, 9.17) is 0 Å². The van der Waals surface area contributed by atoms with Crippen LogP contribution >= 0.6 is 0 Å². The lowest BCUT2D eigenvalue weighted by molar-refractivity contribution is 0.454. The number of aryl methyl sites for hydroxylation is 1. The second-order valence-electron chi connectivity index (χ2n) is 8.76. The van der Waals surface area contributed by atoms with E-state index in [1.165, 1.54) is 5.57 Å². The largest absolute Gasteiger partial charge is 0.206 e. The second kappa shape index (κ2) is 10.2. The van der Waals surface area contributed by atoms with Crippen molar-refractivity contribution in [3.8, 4) is 22.3 Å². The van der Waals surface area contributed by atoms with Gasteiger partial charge in [0.25, 0.3) is 0 Å². The van der Waals surface area contributed by atoms with Crippen LogP contribution in [-0.4, -0.2) is 0 Å². The maximum Gasteiger partial charge on any atom is 0.166 e. The van der Waals surface area contributed by atoms with E-state index < -0.39 is 11.6 Å². The van der Waals surface area contributed by atoms with Crippen LogP contribution in [0.2, 0.25) is 0 Å². The van der Waals surface area contributed by atoms with Gasteiger partial charge in [-0.05, 0) is 78.3 Å². The third-order valence-corrected chi connectivity index (χ3v) is 6.69. The Labute approximate surface area is 194 Å². The van der Waals surface area contributed by atoms with Crippen LogP contribution in [0.5, 0.6) is 0 Å². The summed E-state index contributed by atoms with van der Waals surface area (Å²) >= 11 is 0. The van der Waals surface area contributed by atoms with Crippen LogP contribution in [0.25, 0.3) is 27.8 Å². The first-order valence-corrected chi connectivity index (χ1v) is 11.7. The molecule has 0 bridgehead atoms. The van der Waals surface area contributed by atoms with Crippen molar-refractivity contribution in [2.24, 2.45) is 5.92 Å². The molecule has 0 amide bonds. The Morgan fingerprint density at radius 3 is 2.15 bits per heavy atom. The summed E-state index contributed by atoms with van der Waals surface area (Å²) in [5, 5.41) is 0. The predicted octanol–water partition coefficient (Wildman–Crippen LogP) is 9.15. The Hall–Kier alpha value is -3.07. The molecular formula is C30H29F3. The minimum absolute atomic E-state index is 0.211. The van der Waals surface area contributed by atoms with Gasteiger partial charge in [0.1, 0.15) is 5.82 Å². The molecule has 1 unspecified atom stereocenters. The van der Waals surface area contributed by atoms with Crippen LogP contribution in [-0.2, 0) is 6.42 Å². The summed E-state index contributed by atoms with van der Waals surface area (Å²) in [4.78, 5) is 0. The van der Waals surface area contributed by atoms with Crippen molar-refractivity contribution in [2.75, 3.05) is 0 Å². The number of halogens is 3. The van der Waals surface area contributed by atoms with E-state index in [0.29, 0.717) is 34.6 Å². The highest BCUT2D eigenvalue weighted by Crippen LogP contribution is 2.35. The molecule has 0 radical (unpaired) electrons. The normalized spacial score (nSPS) is 15.9. The molecule has 1 aliphatic carbocycles. The van der Waals surface area contributed by atoms with Gasteiger partial charge in [-0.15, -0.1) is 6.58 Å². The number of hydrogen-bond acceptors (Lipinski definition) is 0. The van der Waals surface area contributed by atoms with E-state index >= 15 is 4.39 Å². The molecular weight excluding hydrogens is 417 g/mol.